The molecule has 6 heteroatoms. The van der Waals surface area contributed by atoms with Crippen LogP contribution >= 0.6 is 0 Å². The van der Waals surface area contributed by atoms with E-state index in [0.717, 1.165) is 5.56 Å². The molecular formula is C20H25N3O2S. The van der Waals surface area contributed by atoms with E-state index in [1.807, 2.05) is 32.9 Å². The minimum absolute atomic E-state index is 0.335. The fourth-order valence-electron chi connectivity index (χ4n) is 3.41. The van der Waals surface area contributed by atoms with Crippen LogP contribution in [0.4, 0.5) is 0 Å². The van der Waals surface area contributed by atoms with Gasteiger partial charge in [-0.2, -0.15) is 9.40 Å². The largest absolute Gasteiger partial charge is 0.264 e. The molecule has 0 amide bonds. The van der Waals surface area contributed by atoms with Crippen molar-refractivity contribution in [1.29, 1.82) is 0 Å². The standard InChI is InChI=1S/C20H25N3O2S/c1-5-22(6-2)26(24,25)20-15(3)21-23(16(20)4)14-17-11-12-18-9-7-8-10-19(18)13-17/h7-13H,5-6,14H2,1-4H3. The molecule has 0 atom stereocenters. The molecule has 3 aromatic rings. The normalized spacial score (nSPS) is 12.2. The van der Waals surface area contributed by atoms with Gasteiger partial charge in [0.1, 0.15) is 4.90 Å². The van der Waals surface area contributed by atoms with Crippen LogP contribution < -0.4 is 0 Å². The Balaban J connectivity index is 1.99. The zero-order valence-corrected chi connectivity index (χ0v) is 16.5. The monoisotopic (exact) mass is 371 g/mol. The second-order valence-corrected chi connectivity index (χ2v) is 8.30. The third kappa shape index (κ3) is 3.27. The molecule has 0 unspecified atom stereocenters. The van der Waals surface area contributed by atoms with Crippen molar-refractivity contribution in [3.8, 4) is 0 Å². The summed E-state index contributed by atoms with van der Waals surface area (Å²) in [5.74, 6) is 0. The highest BCUT2D eigenvalue weighted by atomic mass is 32.2. The van der Waals surface area contributed by atoms with Gasteiger partial charge in [-0.1, -0.05) is 50.2 Å². The number of aromatic nitrogens is 2. The molecule has 0 saturated heterocycles. The molecule has 0 radical (unpaired) electrons. The molecule has 138 valence electrons. The van der Waals surface area contributed by atoms with Crippen molar-refractivity contribution >= 4 is 20.8 Å². The smallest absolute Gasteiger partial charge is 0.246 e. The lowest BCUT2D eigenvalue weighted by Gasteiger charge is -2.18. The first-order valence-electron chi connectivity index (χ1n) is 8.90. The van der Waals surface area contributed by atoms with Gasteiger partial charge in [-0.3, -0.25) is 4.68 Å². The summed E-state index contributed by atoms with van der Waals surface area (Å²) in [6.45, 7) is 8.75. The second kappa shape index (κ2) is 7.21. The van der Waals surface area contributed by atoms with Gasteiger partial charge in [0.25, 0.3) is 0 Å². The summed E-state index contributed by atoms with van der Waals surface area (Å²) < 4.78 is 29.2. The zero-order valence-electron chi connectivity index (χ0n) is 15.7. The molecular weight excluding hydrogens is 346 g/mol. The molecule has 1 heterocycles. The van der Waals surface area contributed by atoms with Crippen molar-refractivity contribution in [1.82, 2.24) is 14.1 Å². The van der Waals surface area contributed by atoms with Gasteiger partial charge < -0.3 is 0 Å². The molecule has 0 aliphatic carbocycles. The van der Waals surface area contributed by atoms with E-state index in [9.17, 15) is 8.42 Å². The first kappa shape index (κ1) is 18.6. The van der Waals surface area contributed by atoms with Crippen molar-refractivity contribution in [2.75, 3.05) is 13.1 Å². The Morgan fingerprint density at radius 2 is 1.65 bits per heavy atom. The average molecular weight is 372 g/mol. The van der Waals surface area contributed by atoms with E-state index < -0.39 is 10.0 Å². The molecule has 0 aliphatic heterocycles. The van der Waals surface area contributed by atoms with Crippen LogP contribution in [0.5, 0.6) is 0 Å². The van der Waals surface area contributed by atoms with Crippen LogP contribution in [0.15, 0.2) is 47.4 Å². The SMILES string of the molecule is CCN(CC)S(=O)(=O)c1c(C)nn(Cc2ccc3ccccc3c2)c1C. The summed E-state index contributed by atoms with van der Waals surface area (Å²) in [6, 6.07) is 14.5. The van der Waals surface area contributed by atoms with Gasteiger partial charge in [0.15, 0.2) is 0 Å². The van der Waals surface area contributed by atoms with Crippen molar-refractivity contribution in [2.45, 2.75) is 39.1 Å². The Morgan fingerprint density at radius 1 is 1.00 bits per heavy atom. The van der Waals surface area contributed by atoms with Gasteiger partial charge >= 0.3 is 0 Å². The number of benzene rings is 2. The maximum atomic E-state index is 12.9. The lowest BCUT2D eigenvalue weighted by atomic mass is 10.1. The summed E-state index contributed by atoms with van der Waals surface area (Å²) in [5.41, 5.74) is 2.33. The quantitative estimate of drug-likeness (QED) is 0.663. The Hall–Kier alpha value is -2.18. The number of aryl methyl sites for hydroxylation is 1. The average Bonchev–Trinajstić information content (AvgIpc) is 2.89. The number of hydrogen-bond donors (Lipinski definition) is 0. The first-order valence-corrected chi connectivity index (χ1v) is 10.3. The predicted molar refractivity (Wildman–Crippen MR) is 105 cm³/mol. The van der Waals surface area contributed by atoms with E-state index in [0.29, 0.717) is 35.9 Å². The van der Waals surface area contributed by atoms with Crippen molar-refractivity contribution in [2.24, 2.45) is 0 Å². The van der Waals surface area contributed by atoms with Crippen LogP contribution in [0.2, 0.25) is 0 Å². The summed E-state index contributed by atoms with van der Waals surface area (Å²) in [5, 5.41) is 6.87. The zero-order chi connectivity index (χ0) is 18.9. The molecule has 0 fully saturated rings. The topological polar surface area (TPSA) is 55.2 Å². The van der Waals surface area contributed by atoms with Crippen LogP contribution in [-0.2, 0) is 16.6 Å². The van der Waals surface area contributed by atoms with Gasteiger partial charge in [0, 0.05) is 13.1 Å². The van der Waals surface area contributed by atoms with E-state index in [1.54, 1.807) is 11.6 Å². The van der Waals surface area contributed by atoms with Crippen molar-refractivity contribution in [3.05, 3.63) is 59.4 Å². The van der Waals surface area contributed by atoms with E-state index in [-0.39, 0.29) is 0 Å². The maximum Gasteiger partial charge on any atom is 0.246 e. The van der Waals surface area contributed by atoms with E-state index in [2.05, 4.69) is 35.4 Å². The highest BCUT2D eigenvalue weighted by molar-refractivity contribution is 7.89. The fraction of sp³-hybridized carbons (Fsp3) is 0.350. The van der Waals surface area contributed by atoms with Gasteiger partial charge in [0.2, 0.25) is 10.0 Å². The molecule has 26 heavy (non-hydrogen) atoms. The van der Waals surface area contributed by atoms with Crippen molar-refractivity contribution < 1.29 is 8.42 Å². The third-order valence-corrected chi connectivity index (χ3v) is 7.07. The number of sulfonamides is 1. The van der Waals surface area contributed by atoms with Gasteiger partial charge in [-0.15, -0.1) is 0 Å². The number of nitrogens with zero attached hydrogens (tertiary/aromatic N) is 3. The van der Waals surface area contributed by atoms with Crippen LogP contribution in [-0.4, -0.2) is 35.6 Å². The molecule has 3 rings (SSSR count). The van der Waals surface area contributed by atoms with E-state index in [1.165, 1.54) is 15.1 Å². The molecule has 5 nitrogen and oxygen atoms in total. The highest BCUT2D eigenvalue weighted by Crippen LogP contribution is 2.24. The fourth-order valence-corrected chi connectivity index (χ4v) is 5.24. The summed E-state index contributed by atoms with van der Waals surface area (Å²) in [4.78, 5) is 0.335. The summed E-state index contributed by atoms with van der Waals surface area (Å²) in [7, 11) is -3.52. The Labute approximate surface area is 155 Å². The van der Waals surface area contributed by atoms with E-state index >= 15 is 0 Å². The summed E-state index contributed by atoms with van der Waals surface area (Å²) in [6.07, 6.45) is 0. The van der Waals surface area contributed by atoms with Crippen LogP contribution in [0.3, 0.4) is 0 Å². The number of rotatable bonds is 6. The highest BCUT2D eigenvalue weighted by Gasteiger charge is 2.29. The number of hydrogen-bond acceptors (Lipinski definition) is 3. The van der Waals surface area contributed by atoms with Gasteiger partial charge in [-0.05, 0) is 36.2 Å². The first-order chi connectivity index (χ1) is 12.4. The molecule has 0 spiro atoms. The van der Waals surface area contributed by atoms with E-state index in [4.69, 9.17) is 0 Å². The second-order valence-electron chi connectivity index (χ2n) is 6.43. The Morgan fingerprint density at radius 3 is 2.31 bits per heavy atom. The lowest BCUT2D eigenvalue weighted by Crippen LogP contribution is -2.31. The Kier molecular flexibility index (Phi) is 5.16. The van der Waals surface area contributed by atoms with Crippen LogP contribution in [0, 0.1) is 13.8 Å². The van der Waals surface area contributed by atoms with Gasteiger partial charge in [-0.25, -0.2) is 8.42 Å². The molecule has 1 aromatic heterocycles. The minimum atomic E-state index is -3.52. The molecule has 0 saturated carbocycles. The summed E-state index contributed by atoms with van der Waals surface area (Å²) >= 11 is 0. The molecule has 0 aliphatic rings. The molecule has 2 aromatic carbocycles. The Bertz CT molecular complexity index is 1030. The van der Waals surface area contributed by atoms with Crippen LogP contribution in [0.1, 0.15) is 30.8 Å². The molecule has 0 bridgehead atoms. The number of fused-ring (bicyclic) bond motifs is 1. The van der Waals surface area contributed by atoms with Gasteiger partial charge in [0.05, 0.1) is 17.9 Å². The molecule has 0 N–H and O–H groups in total. The third-order valence-electron chi connectivity index (χ3n) is 4.76. The maximum absolute atomic E-state index is 12.9. The minimum Gasteiger partial charge on any atom is -0.264 e. The lowest BCUT2D eigenvalue weighted by molar-refractivity contribution is 0.444. The predicted octanol–water partition coefficient (Wildman–Crippen LogP) is 3.73. The van der Waals surface area contributed by atoms with Crippen LogP contribution in [0.25, 0.3) is 10.8 Å². The van der Waals surface area contributed by atoms with Crippen molar-refractivity contribution in [3.63, 3.8) is 0 Å².